The van der Waals surface area contributed by atoms with Crippen LogP contribution in [0.15, 0.2) is 24.5 Å². The van der Waals surface area contributed by atoms with Crippen LogP contribution in [0.5, 0.6) is 0 Å². The zero-order chi connectivity index (χ0) is 12.1. The molecule has 0 bridgehead atoms. The van der Waals surface area contributed by atoms with Crippen molar-refractivity contribution in [3.63, 3.8) is 0 Å². The molecule has 0 aromatic carbocycles. The second-order valence-corrected chi connectivity index (χ2v) is 4.27. The summed E-state index contributed by atoms with van der Waals surface area (Å²) in [6.07, 6.45) is 5.86. The molecule has 0 unspecified atom stereocenters. The van der Waals surface area contributed by atoms with E-state index >= 15 is 0 Å². The highest BCUT2D eigenvalue weighted by molar-refractivity contribution is 5.36. The zero-order valence-corrected chi connectivity index (χ0v) is 10.3. The Labute approximate surface area is 101 Å². The maximum Gasteiger partial charge on any atom is 0.126 e. The van der Waals surface area contributed by atoms with E-state index in [9.17, 15) is 0 Å². The lowest BCUT2D eigenvalue weighted by Gasteiger charge is -2.05. The van der Waals surface area contributed by atoms with Gasteiger partial charge in [-0.2, -0.15) is 5.10 Å². The molecule has 2 aromatic rings. The van der Waals surface area contributed by atoms with Gasteiger partial charge in [0.05, 0.1) is 6.20 Å². The lowest BCUT2D eigenvalue weighted by Crippen LogP contribution is -2.04. The molecule has 0 saturated heterocycles. The monoisotopic (exact) mass is 230 g/mol. The predicted octanol–water partition coefficient (Wildman–Crippen LogP) is 2.47. The molecule has 0 atom stereocenters. The van der Waals surface area contributed by atoms with E-state index in [1.165, 1.54) is 16.8 Å². The molecule has 90 valence electrons. The molecule has 2 rings (SSSR count). The van der Waals surface area contributed by atoms with Gasteiger partial charge in [0, 0.05) is 18.4 Å². The van der Waals surface area contributed by atoms with E-state index in [1.807, 2.05) is 18.5 Å². The normalized spacial score (nSPS) is 10.5. The maximum atomic E-state index is 4.26. The molecule has 2 aromatic heterocycles. The molecule has 0 aliphatic carbocycles. The summed E-state index contributed by atoms with van der Waals surface area (Å²) in [5, 5.41) is 10.3. The van der Waals surface area contributed by atoms with Gasteiger partial charge in [0.15, 0.2) is 0 Å². The lowest BCUT2D eigenvalue weighted by atomic mass is 10.1. The molecule has 0 amide bonds. The van der Waals surface area contributed by atoms with Crippen LogP contribution in [0.4, 0.5) is 5.82 Å². The van der Waals surface area contributed by atoms with E-state index in [0.717, 1.165) is 25.2 Å². The van der Waals surface area contributed by atoms with Gasteiger partial charge in [0.25, 0.3) is 0 Å². The number of nitrogens with one attached hydrogen (secondary N) is 2. The second kappa shape index (κ2) is 5.48. The van der Waals surface area contributed by atoms with E-state index in [0.29, 0.717) is 0 Å². The van der Waals surface area contributed by atoms with Crippen molar-refractivity contribution in [3.05, 3.63) is 41.3 Å². The van der Waals surface area contributed by atoms with Crippen molar-refractivity contribution in [1.29, 1.82) is 0 Å². The summed E-state index contributed by atoms with van der Waals surface area (Å²) in [7, 11) is 0. The Balaban J connectivity index is 1.75. The molecule has 0 spiro atoms. The summed E-state index contributed by atoms with van der Waals surface area (Å²) in [6.45, 7) is 5.06. The third kappa shape index (κ3) is 3.31. The van der Waals surface area contributed by atoms with Crippen LogP contribution >= 0.6 is 0 Å². The van der Waals surface area contributed by atoms with Crippen molar-refractivity contribution in [2.24, 2.45) is 0 Å². The van der Waals surface area contributed by atoms with Crippen molar-refractivity contribution in [3.8, 4) is 0 Å². The van der Waals surface area contributed by atoms with Crippen LogP contribution in [0, 0.1) is 13.8 Å². The summed E-state index contributed by atoms with van der Waals surface area (Å²) in [6, 6.07) is 4.06. The minimum atomic E-state index is 0.932. The zero-order valence-electron chi connectivity index (χ0n) is 10.3. The molecule has 2 N–H and O–H groups in total. The van der Waals surface area contributed by atoms with Crippen LogP contribution in [0.1, 0.15) is 23.2 Å². The third-order valence-corrected chi connectivity index (χ3v) is 2.78. The molecule has 0 fully saturated rings. The molecule has 4 nitrogen and oxygen atoms in total. The summed E-state index contributed by atoms with van der Waals surface area (Å²) >= 11 is 0. The fraction of sp³-hybridized carbons (Fsp3) is 0.385. The van der Waals surface area contributed by atoms with E-state index in [-0.39, 0.29) is 0 Å². The highest BCUT2D eigenvalue weighted by atomic mass is 15.1. The minimum Gasteiger partial charge on any atom is -0.370 e. The smallest absolute Gasteiger partial charge is 0.126 e. The van der Waals surface area contributed by atoms with Gasteiger partial charge >= 0.3 is 0 Å². The van der Waals surface area contributed by atoms with Crippen molar-refractivity contribution in [1.82, 2.24) is 15.2 Å². The van der Waals surface area contributed by atoms with Crippen molar-refractivity contribution >= 4 is 5.82 Å². The summed E-state index contributed by atoms with van der Waals surface area (Å²) in [5.41, 5.74) is 3.69. The van der Waals surface area contributed by atoms with Crippen LogP contribution in [-0.2, 0) is 6.42 Å². The van der Waals surface area contributed by atoms with Gasteiger partial charge < -0.3 is 5.32 Å². The van der Waals surface area contributed by atoms with Crippen LogP contribution in [0.2, 0.25) is 0 Å². The SMILES string of the molecule is Cc1ccnc(NCCCc2cn[nH]c2C)c1. The highest BCUT2D eigenvalue weighted by Crippen LogP contribution is 2.08. The van der Waals surface area contributed by atoms with Crippen LogP contribution < -0.4 is 5.32 Å². The number of nitrogens with zero attached hydrogens (tertiary/aromatic N) is 2. The Morgan fingerprint density at radius 2 is 2.24 bits per heavy atom. The minimum absolute atomic E-state index is 0.932. The summed E-state index contributed by atoms with van der Waals surface area (Å²) in [4.78, 5) is 4.26. The molecule has 2 heterocycles. The number of hydrogen-bond acceptors (Lipinski definition) is 3. The molecular weight excluding hydrogens is 212 g/mol. The fourth-order valence-electron chi connectivity index (χ4n) is 1.76. The van der Waals surface area contributed by atoms with Gasteiger partial charge in [-0.05, 0) is 49.9 Å². The van der Waals surface area contributed by atoms with Crippen molar-refractivity contribution < 1.29 is 0 Å². The Morgan fingerprint density at radius 3 is 2.94 bits per heavy atom. The third-order valence-electron chi connectivity index (χ3n) is 2.78. The standard InChI is InChI=1S/C13H18N4/c1-10-5-7-15-13(8-10)14-6-3-4-12-9-16-17-11(12)2/h5,7-9H,3-4,6H2,1-2H3,(H,14,15)(H,16,17). The first-order chi connectivity index (χ1) is 8.25. The number of anilines is 1. The number of aromatic amines is 1. The molecule has 0 saturated carbocycles. The number of aromatic nitrogens is 3. The predicted molar refractivity (Wildman–Crippen MR) is 69.1 cm³/mol. The first-order valence-electron chi connectivity index (χ1n) is 5.91. The van der Waals surface area contributed by atoms with Gasteiger partial charge in [0.1, 0.15) is 5.82 Å². The largest absolute Gasteiger partial charge is 0.370 e. The number of rotatable bonds is 5. The Kier molecular flexibility index (Phi) is 3.75. The van der Waals surface area contributed by atoms with Gasteiger partial charge in [-0.3, -0.25) is 5.10 Å². The van der Waals surface area contributed by atoms with Gasteiger partial charge in [-0.25, -0.2) is 4.98 Å². The van der Waals surface area contributed by atoms with Gasteiger partial charge in [-0.15, -0.1) is 0 Å². The van der Waals surface area contributed by atoms with E-state index in [4.69, 9.17) is 0 Å². The average Bonchev–Trinajstić information content (AvgIpc) is 2.71. The molecule has 0 aliphatic heterocycles. The number of pyridine rings is 1. The second-order valence-electron chi connectivity index (χ2n) is 4.27. The molecule has 4 heteroatoms. The topological polar surface area (TPSA) is 53.6 Å². The van der Waals surface area contributed by atoms with Crippen molar-refractivity contribution in [2.45, 2.75) is 26.7 Å². The van der Waals surface area contributed by atoms with Gasteiger partial charge in [-0.1, -0.05) is 0 Å². The summed E-state index contributed by atoms with van der Waals surface area (Å²) < 4.78 is 0. The van der Waals surface area contributed by atoms with E-state index < -0.39 is 0 Å². The summed E-state index contributed by atoms with van der Waals surface area (Å²) in [5.74, 6) is 0.953. The van der Waals surface area contributed by atoms with Crippen molar-refractivity contribution in [2.75, 3.05) is 11.9 Å². The van der Waals surface area contributed by atoms with E-state index in [2.05, 4.69) is 40.4 Å². The van der Waals surface area contributed by atoms with Crippen LogP contribution in [-0.4, -0.2) is 21.7 Å². The Hall–Kier alpha value is -1.84. The quantitative estimate of drug-likeness (QED) is 0.776. The molecular formula is C13H18N4. The number of aryl methyl sites for hydroxylation is 3. The first kappa shape index (κ1) is 11.6. The van der Waals surface area contributed by atoms with Crippen LogP contribution in [0.25, 0.3) is 0 Å². The fourth-order valence-corrected chi connectivity index (χ4v) is 1.76. The molecule has 0 aliphatic rings. The van der Waals surface area contributed by atoms with Gasteiger partial charge in [0.2, 0.25) is 0 Å². The Morgan fingerprint density at radius 1 is 1.35 bits per heavy atom. The van der Waals surface area contributed by atoms with Crippen LogP contribution in [0.3, 0.4) is 0 Å². The number of H-pyrrole nitrogens is 1. The molecule has 17 heavy (non-hydrogen) atoms. The van der Waals surface area contributed by atoms with E-state index in [1.54, 1.807) is 0 Å². The highest BCUT2D eigenvalue weighted by Gasteiger charge is 1.99. The molecule has 0 radical (unpaired) electrons. The maximum absolute atomic E-state index is 4.26. The number of hydrogen-bond donors (Lipinski definition) is 2. The first-order valence-corrected chi connectivity index (χ1v) is 5.91. The lowest BCUT2D eigenvalue weighted by molar-refractivity contribution is 0.853. The Bertz CT molecular complexity index is 476. The average molecular weight is 230 g/mol.